The van der Waals surface area contributed by atoms with Gasteiger partial charge in [0.15, 0.2) is 0 Å². The third-order valence-electron chi connectivity index (χ3n) is 4.84. The Morgan fingerprint density at radius 3 is 2.19 bits per heavy atom. The number of hydrogen-bond donors (Lipinski definition) is 3. The Morgan fingerprint density at radius 2 is 1.70 bits per heavy atom. The lowest BCUT2D eigenvalue weighted by molar-refractivity contribution is -0.127. The number of nitrogens with two attached hydrogens (primary N) is 1. The Kier molecular flexibility index (Phi) is 9.27. The molecule has 1 aromatic carbocycles. The first kappa shape index (κ1) is 23.4. The van der Waals surface area contributed by atoms with Gasteiger partial charge in [-0.25, -0.2) is 0 Å². The molecule has 27 heavy (non-hydrogen) atoms. The summed E-state index contributed by atoms with van der Waals surface area (Å²) in [6, 6.07) is 7.98. The number of hydrogen-bond acceptors (Lipinski definition) is 3. The number of rotatable bonds is 9. The van der Waals surface area contributed by atoms with E-state index in [1.165, 1.54) is 5.56 Å². The minimum Gasteiger partial charge on any atom is -0.347 e. The Morgan fingerprint density at radius 1 is 1.11 bits per heavy atom. The Balaban J connectivity index is 0.00000364. The van der Waals surface area contributed by atoms with Crippen molar-refractivity contribution in [2.24, 2.45) is 23.5 Å². The van der Waals surface area contributed by atoms with Gasteiger partial charge in [-0.05, 0) is 48.1 Å². The van der Waals surface area contributed by atoms with Crippen LogP contribution in [-0.4, -0.2) is 24.4 Å². The van der Waals surface area contributed by atoms with Crippen LogP contribution in [0.4, 0.5) is 0 Å². The van der Waals surface area contributed by atoms with E-state index in [9.17, 15) is 9.59 Å². The van der Waals surface area contributed by atoms with E-state index >= 15 is 0 Å². The molecule has 2 amide bonds. The third-order valence-corrected chi connectivity index (χ3v) is 4.84. The van der Waals surface area contributed by atoms with Crippen LogP contribution in [-0.2, 0) is 16.0 Å². The number of benzene rings is 1. The van der Waals surface area contributed by atoms with E-state index in [2.05, 4.69) is 48.7 Å². The second-order valence-corrected chi connectivity index (χ2v) is 8.21. The van der Waals surface area contributed by atoms with Crippen molar-refractivity contribution in [1.29, 1.82) is 0 Å². The van der Waals surface area contributed by atoms with Crippen LogP contribution in [0.5, 0.6) is 0 Å². The van der Waals surface area contributed by atoms with Crippen LogP contribution in [0.3, 0.4) is 0 Å². The molecular weight excluding hydrogens is 362 g/mol. The van der Waals surface area contributed by atoms with Gasteiger partial charge in [0.25, 0.3) is 0 Å². The zero-order valence-corrected chi connectivity index (χ0v) is 17.6. The molecule has 0 saturated heterocycles. The van der Waals surface area contributed by atoms with E-state index in [1.54, 1.807) is 0 Å². The lowest BCUT2D eigenvalue weighted by Crippen LogP contribution is -2.47. The highest BCUT2D eigenvalue weighted by atomic mass is 35.5. The van der Waals surface area contributed by atoms with Crippen LogP contribution in [0.15, 0.2) is 24.3 Å². The van der Waals surface area contributed by atoms with E-state index in [-0.39, 0.29) is 42.7 Å². The lowest BCUT2D eigenvalue weighted by Gasteiger charge is -2.20. The number of amides is 2. The SMILES string of the molecule is CC(C)Cc1ccc(C(NC(=O)CNC(=O)[C@@H](N)C(C)C)C2CC2)cc1.Cl. The van der Waals surface area contributed by atoms with Gasteiger partial charge in [0.1, 0.15) is 0 Å². The molecule has 1 aliphatic carbocycles. The number of carbonyl (C=O) groups is 2. The van der Waals surface area contributed by atoms with Crippen molar-refractivity contribution < 1.29 is 9.59 Å². The molecule has 2 rings (SSSR count). The minimum atomic E-state index is -0.587. The topological polar surface area (TPSA) is 84.2 Å². The van der Waals surface area contributed by atoms with E-state index < -0.39 is 6.04 Å². The molecule has 0 heterocycles. The van der Waals surface area contributed by atoms with Crippen molar-refractivity contribution in [2.75, 3.05) is 6.54 Å². The Labute approximate surface area is 169 Å². The van der Waals surface area contributed by atoms with Crippen molar-refractivity contribution >= 4 is 24.2 Å². The van der Waals surface area contributed by atoms with Gasteiger partial charge >= 0.3 is 0 Å². The maximum atomic E-state index is 12.3. The van der Waals surface area contributed by atoms with Gasteiger partial charge in [0.2, 0.25) is 11.8 Å². The second kappa shape index (κ2) is 10.7. The summed E-state index contributed by atoms with van der Waals surface area (Å²) in [6.07, 6.45) is 3.31. The van der Waals surface area contributed by atoms with E-state index in [0.717, 1.165) is 24.8 Å². The van der Waals surface area contributed by atoms with Gasteiger partial charge < -0.3 is 16.4 Å². The van der Waals surface area contributed by atoms with Gasteiger partial charge in [0.05, 0.1) is 18.6 Å². The summed E-state index contributed by atoms with van der Waals surface area (Å²) in [5.74, 6) is 0.708. The second-order valence-electron chi connectivity index (χ2n) is 8.21. The largest absolute Gasteiger partial charge is 0.347 e. The molecule has 0 radical (unpaired) electrons. The minimum absolute atomic E-state index is 0. The molecule has 0 aromatic heterocycles. The summed E-state index contributed by atoms with van der Waals surface area (Å²) in [4.78, 5) is 24.2. The summed E-state index contributed by atoms with van der Waals surface area (Å²) in [7, 11) is 0. The van der Waals surface area contributed by atoms with Crippen molar-refractivity contribution in [3.63, 3.8) is 0 Å². The zero-order valence-electron chi connectivity index (χ0n) is 16.8. The standard InChI is InChI=1S/C21H33N3O2.ClH/c1-13(2)11-15-5-7-16(8-6-15)20(17-9-10-17)24-18(25)12-23-21(26)19(22)14(3)4;/h5-8,13-14,17,19-20H,9-12,22H2,1-4H3,(H,23,26)(H,24,25);1H/t19-,20?;/m0./s1. The molecule has 2 atom stereocenters. The van der Waals surface area contributed by atoms with Gasteiger partial charge in [-0.2, -0.15) is 0 Å². The Bertz CT molecular complexity index is 612. The summed E-state index contributed by atoms with van der Waals surface area (Å²) in [5.41, 5.74) is 8.26. The fraction of sp³-hybridized carbons (Fsp3) is 0.619. The molecule has 1 aliphatic rings. The van der Waals surface area contributed by atoms with Gasteiger partial charge in [0, 0.05) is 0 Å². The molecule has 4 N–H and O–H groups in total. The molecule has 1 aromatic rings. The van der Waals surface area contributed by atoms with Gasteiger partial charge in [-0.3, -0.25) is 9.59 Å². The van der Waals surface area contributed by atoms with Crippen LogP contribution in [0.2, 0.25) is 0 Å². The molecule has 0 aliphatic heterocycles. The fourth-order valence-corrected chi connectivity index (χ4v) is 3.05. The van der Waals surface area contributed by atoms with Crippen molar-refractivity contribution in [3.05, 3.63) is 35.4 Å². The van der Waals surface area contributed by atoms with Crippen molar-refractivity contribution in [1.82, 2.24) is 10.6 Å². The normalized spacial score (nSPS) is 15.8. The van der Waals surface area contributed by atoms with E-state index in [1.807, 2.05) is 13.8 Å². The van der Waals surface area contributed by atoms with Crippen LogP contribution in [0.1, 0.15) is 57.7 Å². The molecule has 0 bridgehead atoms. The molecule has 1 unspecified atom stereocenters. The highest BCUT2D eigenvalue weighted by Crippen LogP contribution is 2.41. The summed E-state index contributed by atoms with van der Waals surface area (Å²) in [5, 5.41) is 5.72. The third kappa shape index (κ3) is 7.51. The zero-order chi connectivity index (χ0) is 19.3. The van der Waals surface area contributed by atoms with Gasteiger partial charge in [-0.1, -0.05) is 52.0 Å². The fourth-order valence-electron chi connectivity index (χ4n) is 3.05. The summed E-state index contributed by atoms with van der Waals surface area (Å²) >= 11 is 0. The maximum Gasteiger partial charge on any atom is 0.239 e. The molecule has 0 spiro atoms. The molecular formula is C21H34ClN3O2. The average molecular weight is 396 g/mol. The Hall–Kier alpha value is -1.59. The van der Waals surface area contributed by atoms with Crippen LogP contribution in [0.25, 0.3) is 0 Å². The van der Waals surface area contributed by atoms with E-state index in [4.69, 9.17) is 5.73 Å². The lowest BCUT2D eigenvalue weighted by atomic mass is 9.97. The van der Waals surface area contributed by atoms with Crippen LogP contribution >= 0.6 is 12.4 Å². The van der Waals surface area contributed by atoms with Gasteiger partial charge in [-0.15, -0.1) is 12.4 Å². The number of halogens is 1. The monoisotopic (exact) mass is 395 g/mol. The number of carbonyl (C=O) groups excluding carboxylic acids is 2. The first-order valence-corrected chi connectivity index (χ1v) is 9.69. The first-order chi connectivity index (χ1) is 12.3. The molecule has 5 nitrogen and oxygen atoms in total. The smallest absolute Gasteiger partial charge is 0.239 e. The highest BCUT2D eigenvalue weighted by Gasteiger charge is 2.33. The average Bonchev–Trinajstić information content (AvgIpc) is 3.42. The molecule has 152 valence electrons. The molecule has 1 fully saturated rings. The van der Waals surface area contributed by atoms with Crippen molar-refractivity contribution in [2.45, 2.75) is 59.0 Å². The highest BCUT2D eigenvalue weighted by molar-refractivity contribution is 5.87. The van der Waals surface area contributed by atoms with Crippen LogP contribution < -0.4 is 16.4 Å². The predicted octanol–water partition coefficient (Wildman–Crippen LogP) is 2.97. The molecule has 1 saturated carbocycles. The van der Waals surface area contributed by atoms with Crippen molar-refractivity contribution in [3.8, 4) is 0 Å². The quantitative estimate of drug-likeness (QED) is 0.601. The maximum absolute atomic E-state index is 12.3. The first-order valence-electron chi connectivity index (χ1n) is 9.69. The molecule has 6 heteroatoms. The summed E-state index contributed by atoms with van der Waals surface area (Å²) in [6.45, 7) is 8.15. The summed E-state index contributed by atoms with van der Waals surface area (Å²) < 4.78 is 0. The van der Waals surface area contributed by atoms with E-state index in [0.29, 0.717) is 11.8 Å². The number of nitrogens with one attached hydrogen (secondary N) is 2. The van der Waals surface area contributed by atoms with Crippen LogP contribution in [0, 0.1) is 17.8 Å². The predicted molar refractivity (Wildman–Crippen MR) is 112 cm³/mol.